The van der Waals surface area contributed by atoms with E-state index in [1.807, 2.05) is 0 Å². The van der Waals surface area contributed by atoms with Gasteiger partial charge in [0.25, 0.3) is 0 Å². The van der Waals surface area contributed by atoms with Crippen molar-refractivity contribution in [2.45, 2.75) is 89.9 Å². The van der Waals surface area contributed by atoms with Gasteiger partial charge in [0.1, 0.15) is 0 Å². The summed E-state index contributed by atoms with van der Waals surface area (Å²) in [5.74, 6) is 0. The van der Waals surface area contributed by atoms with E-state index in [0.717, 1.165) is 11.4 Å². The molecule has 0 saturated heterocycles. The molecule has 2 nitrogen and oxygen atoms in total. The Bertz CT molecular complexity index is 3390. The number of hydrogen-bond acceptors (Lipinski definition) is 1. The predicted octanol–water partition coefficient (Wildman–Crippen LogP) is 16.9. The van der Waals surface area contributed by atoms with Gasteiger partial charge in [-0.15, -0.1) is 0 Å². The summed E-state index contributed by atoms with van der Waals surface area (Å²) in [7, 11) is 0. The number of benzene rings is 8. The van der Waals surface area contributed by atoms with Gasteiger partial charge in [-0.25, -0.2) is 0 Å². The SMILES string of the molecule is CC1(C)CCC(C)(C)c2cc3c(cc21)-c1c(N(c2ccc4c(c2)C(C)(C)c2ccccc2-4)c2ccccc2-c2ccc4c5ccccc5n(-c5ccccc5)c4c2)cccc1C3(C)C. The Morgan fingerprint density at radius 1 is 0.391 bits per heavy atom. The van der Waals surface area contributed by atoms with E-state index in [1.165, 1.54) is 113 Å². The van der Waals surface area contributed by atoms with Crippen LogP contribution < -0.4 is 4.90 Å². The third-order valence-electron chi connectivity index (χ3n) is 15.9. The summed E-state index contributed by atoms with van der Waals surface area (Å²) in [6.07, 6.45) is 2.38. The summed E-state index contributed by atoms with van der Waals surface area (Å²) in [6, 6.07) is 64.4. The van der Waals surface area contributed by atoms with Crippen LogP contribution in [0.5, 0.6) is 0 Å². The molecular weight excluding hydrogens is 773 g/mol. The highest BCUT2D eigenvalue weighted by Crippen LogP contribution is 2.59. The lowest BCUT2D eigenvalue weighted by atomic mass is 9.62. The molecular formula is C62H56N2. The van der Waals surface area contributed by atoms with E-state index in [1.54, 1.807) is 0 Å². The Morgan fingerprint density at radius 2 is 0.984 bits per heavy atom. The molecule has 1 heterocycles. The van der Waals surface area contributed by atoms with Gasteiger partial charge in [0, 0.05) is 44.1 Å². The molecule has 3 aliphatic rings. The molecule has 1 aromatic heterocycles. The summed E-state index contributed by atoms with van der Waals surface area (Å²) in [5, 5.41) is 2.52. The van der Waals surface area contributed by atoms with Gasteiger partial charge in [-0.3, -0.25) is 0 Å². The summed E-state index contributed by atoms with van der Waals surface area (Å²) in [5.41, 5.74) is 23.5. The van der Waals surface area contributed by atoms with Crippen molar-refractivity contribution < 1.29 is 0 Å². The predicted molar refractivity (Wildman–Crippen MR) is 271 cm³/mol. The highest BCUT2D eigenvalue weighted by atomic mass is 15.1. The van der Waals surface area contributed by atoms with Crippen molar-refractivity contribution in [2.75, 3.05) is 4.90 Å². The quantitative estimate of drug-likeness (QED) is 0.168. The van der Waals surface area contributed by atoms with Crippen LogP contribution in [-0.4, -0.2) is 4.57 Å². The van der Waals surface area contributed by atoms with Crippen molar-refractivity contribution in [2.24, 2.45) is 0 Å². The summed E-state index contributed by atoms with van der Waals surface area (Å²) < 4.78 is 2.43. The second-order valence-corrected chi connectivity index (χ2v) is 21.2. The molecule has 0 unspecified atom stereocenters. The van der Waals surface area contributed by atoms with Gasteiger partial charge in [-0.2, -0.15) is 0 Å². The van der Waals surface area contributed by atoms with E-state index in [4.69, 9.17) is 0 Å². The highest BCUT2D eigenvalue weighted by Gasteiger charge is 2.44. The Kier molecular flexibility index (Phi) is 8.19. The largest absolute Gasteiger partial charge is 0.309 e. The van der Waals surface area contributed by atoms with Gasteiger partial charge in [-0.05, 0) is 134 Å². The Balaban J connectivity index is 1.13. The van der Waals surface area contributed by atoms with Crippen molar-refractivity contribution in [1.82, 2.24) is 4.57 Å². The molecule has 0 aliphatic heterocycles. The minimum absolute atomic E-state index is 0.0927. The van der Waals surface area contributed by atoms with Crippen molar-refractivity contribution in [3.05, 3.63) is 203 Å². The molecule has 2 heteroatoms. The molecule has 0 radical (unpaired) electrons. The lowest BCUT2D eigenvalue weighted by Gasteiger charge is -2.42. The fraction of sp³-hybridized carbons (Fsp3) is 0.226. The second kappa shape index (κ2) is 13.4. The molecule has 314 valence electrons. The van der Waals surface area contributed by atoms with Crippen LogP contribution in [0.2, 0.25) is 0 Å². The molecule has 0 atom stereocenters. The molecule has 8 aromatic carbocycles. The van der Waals surface area contributed by atoms with Gasteiger partial charge >= 0.3 is 0 Å². The molecule has 0 bridgehead atoms. The first kappa shape index (κ1) is 39.0. The van der Waals surface area contributed by atoms with Gasteiger partial charge in [0.2, 0.25) is 0 Å². The topological polar surface area (TPSA) is 8.17 Å². The zero-order valence-corrected chi connectivity index (χ0v) is 38.5. The zero-order valence-electron chi connectivity index (χ0n) is 38.5. The Labute approximate surface area is 378 Å². The van der Waals surface area contributed by atoms with E-state index >= 15 is 0 Å². The fourth-order valence-corrected chi connectivity index (χ4v) is 12.2. The summed E-state index contributed by atoms with van der Waals surface area (Å²) in [6.45, 7) is 19.5. The van der Waals surface area contributed by atoms with Crippen LogP contribution in [-0.2, 0) is 21.7 Å². The van der Waals surface area contributed by atoms with E-state index in [9.17, 15) is 0 Å². The smallest absolute Gasteiger partial charge is 0.0547 e. The zero-order chi connectivity index (χ0) is 43.9. The third kappa shape index (κ3) is 5.44. The van der Waals surface area contributed by atoms with E-state index in [2.05, 4.69) is 235 Å². The van der Waals surface area contributed by atoms with Crippen LogP contribution in [0, 0.1) is 0 Å². The van der Waals surface area contributed by atoms with Gasteiger partial charge < -0.3 is 9.47 Å². The fourth-order valence-electron chi connectivity index (χ4n) is 12.2. The van der Waals surface area contributed by atoms with Crippen LogP contribution in [0.3, 0.4) is 0 Å². The Morgan fingerprint density at radius 3 is 1.78 bits per heavy atom. The van der Waals surface area contributed by atoms with Crippen LogP contribution in [0.15, 0.2) is 170 Å². The van der Waals surface area contributed by atoms with Crippen molar-refractivity contribution >= 4 is 38.9 Å². The molecule has 12 rings (SSSR count). The molecule has 0 saturated carbocycles. The first-order valence-electron chi connectivity index (χ1n) is 23.3. The van der Waals surface area contributed by atoms with Crippen LogP contribution >= 0.6 is 0 Å². The van der Waals surface area contributed by atoms with Crippen LogP contribution in [0.25, 0.3) is 60.9 Å². The lowest BCUT2D eigenvalue weighted by molar-refractivity contribution is 0.331. The van der Waals surface area contributed by atoms with Crippen molar-refractivity contribution in [3.8, 4) is 39.1 Å². The van der Waals surface area contributed by atoms with Crippen molar-refractivity contribution in [1.29, 1.82) is 0 Å². The molecule has 64 heavy (non-hydrogen) atoms. The van der Waals surface area contributed by atoms with E-state index in [-0.39, 0.29) is 21.7 Å². The van der Waals surface area contributed by atoms with E-state index in [0.29, 0.717) is 0 Å². The maximum Gasteiger partial charge on any atom is 0.0547 e. The maximum atomic E-state index is 2.62. The number of para-hydroxylation sites is 3. The van der Waals surface area contributed by atoms with Crippen LogP contribution in [0.4, 0.5) is 17.1 Å². The molecule has 0 amide bonds. The molecule has 9 aromatic rings. The second-order valence-electron chi connectivity index (χ2n) is 21.2. The number of hydrogen-bond donors (Lipinski definition) is 0. The first-order chi connectivity index (χ1) is 30.8. The number of nitrogens with zero attached hydrogens (tertiary/aromatic N) is 2. The minimum atomic E-state index is -0.171. The summed E-state index contributed by atoms with van der Waals surface area (Å²) in [4.78, 5) is 2.60. The van der Waals surface area contributed by atoms with Gasteiger partial charge in [0.05, 0.1) is 22.4 Å². The third-order valence-corrected chi connectivity index (χ3v) is 15.9. The number of fused-ring (bicyclic) bond motifs is 10. The number of aromatic nitrogens is 1. The number of anilines is 3. The molecule has 3 aliphatic carbocycles. The van der Waals surface area contributed by atoms with Crippen molar-refractivity contribution in [3.63, 3.8) is 0 Å². The van der Waals surface area contributed by atoms with Gasteiger partial charge in [0.15, 0.2) is 0 Å². The number of rotatable bonds is 5. The maximum absolute atomic E-state index is 2.62. The normalized spacial score (nSPS) is 16.8. The molecule has 0 N–H and O–H groups in total. The van der Waals surface area contributed by atoms with Crippen LogP contribution in [0.1, 0.15) is 102 Å². The minimum Gasteiger partial charge on any atom is -0.309 e. The average Bonchev–Trinajstić information content (AvgIpc) is 3.84. The lowest BCUT2D eigenvalue weighted by Crippen LogP contribution is -2.34. The molecule has 0 spiro atoms. The highest BCUT2D eigenvalue weighted by molar-refractivity contribution is 6.11. The standard InChI is InChI=1S/C62H56N2/c1-59(2)33-34-60(3,4)53-38-51-47(37-52(53)59)58-49(62(51,7)8)25-18-28-56(58)64(41-30-32-44-43-22-12-15-24-48(43)61(5,6)50(44)36-41)54-26-16-13-21-42(54)39-29-31-46-45-23-14-17-27-55(45)63(57(46)35-39)40-19-10-9-11-20-40/h9-32,35-38H,33-34H2,1-8H3. The monoisotopic (exact) mass is 828 g/mol. The Hall–Kier alpha value is -6.64. The average molecular weight is 829 g/mol. The molecule has 0 fully saturated rings. The first-order valence-corrected chi connectivity index (χ1v) is 23.3. The summed E-state index contributed by atoms with van der Waals surface area (Å²) >= 11 is 0. The van der Waals surface area contributed by atoms with Gasteiger partial charge in [-0.1, -0.05) is 171 Å². The van der Waals surface area contributed by atoms with E-state index < -0.39 is 0 Å².